The van der Waals surface area contributed by atoms with Gasteiger partial charge in [0.05, 0.1) is 29.9 Å². The lowest BCUT2D eigenvalue weighted by molar-refractivity contribution is -0.121. The first-order chi connectivity index (χ1) is 16.4. The molecule has 8 nitrogen and oxygen atoms in total. The maximum Gasteiger partial charge on any atom is 0.343 e. The molecule has 0 bridgehead atoms. The normalized spacial score (nSPS) is 11.0. The number of benzene rings is 3. The zero-order valence-electron chi connectivity index (χ0n) is 18.5. The number of aryl methyl sites for hydroxylation is 1. The van der Waals surface area contributed by atoms with E-state index in [9.17, 15) is 14.0 Å². The van der Waals surface area contributed by atoms with Crippen molar-refractivity contribution >= 4 is 29.1 Å². The van der Waals surface area contributed by atoms with Crippen LogP contribution in [0.5, 0.6) is 11.5 Å². The molecule has 0 aliphatic heterocycles. The molecule has 34 heavy (non-hydrogen) atoms. The second kappa shape index (κ2) is 9.95. The average molecular weight is 460 g/mol. The van der Waals surface area contributed by atoms with Gasteiger partial charge in [-0.25, -0.2) is 19.6 Å². The molecule has 3 aromatic carbocycles. The number of hydrazone groups is 1. The van der Waals surface area contributed by atoms with E-state index in [-0.39, 0.29) is 23.8 Å². The van der Waals surface area contributed by atoms with Gasteiger partial charge in [-0.15, -0.1) is 0 Å². The van der Waals surface area contributed by atoms with Crippen molar-refractivity contribution in [1.82, 2.24) is 15.0 Å². The van der Waals surface area contributed by atoms with Crippen LogP contribution in [0.3, 0.4) is 0 Å². The van der Waals surface area contributed by atoms with Gasteiger partial charge in [0, 0.05) is 0 Å². The van der Waals surface area contributed by atoms with E-state index in [4.69, 9.17) is 9.47 Å². The van der Waals surface area contributed by atoms with Crippen molar-refractivity contribution in [2.75, 3.05) is 7.11 Å². The third kappa shape index (κ3) is 5.09. The third-order valence-electron chi connectivity index (χ3n) is 5.02. The van der Waals surface area contributed by atoms with E-state index >= 15 is 0 Å². The number of esters is 1. The van der Waals surface area contributed by atoms with E-state index in [1.807, 2.05) is 35.8 Å². The summed E-state index contributed by atoms with van der Waals surface area (Å²) in [5, 5.41) is 4.00. The lowest BCUT2D eigenvalue weighted by Crippen LogP contribution is -2.23. The van der Waals surface area contributed by atoms with Gasteiger partial charge >= 0.3 is 5.97 Å². The summed E-state index contributed by atoms with van der Waals surface area (Å²) in [4.78, 5) is 29.1. The van der Waals surface area contributed by atoms with Crippen LogP contribution in [0.4, 0.5) is 4.39 Å². The number of para-hydroxylation sites is 2. The molecule has 4 aromatic rings. The number of nitrogens with zero attached hydrogens (tertiary/aromatic N) is 3. The fourth-order valence-corrected chi connectivity index (χ4v) is 3.35. The molecule has 1 heterocycles. The van der Waals surface area contributed by atoms with Crippen LogP contribution in [0.25, 0.3) is 11.0 Å². The van der Waals surface area contributed by atoms with Gasteiger partial charge in [-0.3, -0.25) is 4.79 Å². The Labute approximate surface area is 194 Å². The van der Waals surface area contributed by atoms with E-state index in [1.165, 1.54) is 37.6 Å². The van der Waals surface area contributed by atoms with Crippen molar-refractivity contribution in [2.45, 2.75) is 13.5 Å². The lowest BCUT2D eigenvalue weighted by atomic mass is 10.2. The van der Waals surface area contributed by atoms with Gasteiger partial charge in [0.25, 0.3) is 5.91 Å². The number of amides is 1. The molecular weight excluding hydrogens is 439 g/mol. The number of nitrogens with one attached hydrogen (secondary N) is 1. The first-order valence-electron chi connectivity index (χ1n) is 10.3. The summed E-state index contributed by atoms with van der Waals surface area (Å²) in [5.74, 6) is -0.172. The minimum atomic E-state index is -0.644. The zero-order chi connectivity index (χ0) is 24.1. The number of hydrogen-bond acceptors (Lipinski definition) is 6. The van der Waals surface area contributed by atoms with Gasteiger partial charge in [-0.2, -0.15) is 5.10 Å². The Kier molecular flexibility index (Phi) is 6.63. The number of fused-ring (bicyclic) bond motifs is 1. The number of rotatable bonds is 7. The monoisotopic (exact) mass is 460 g/mol. The zero-order valence-corrected chi connectivity index (χ0v) is 18.5. The van der Waals surface area contributed by atoms with Crippen molar-refractivity contribution < 1.29 is 23.5 Å². The van der Waals surface area contributed by atoms with Crippen LogP contribution in [0.2, 0.25) is 0 Å². The molecule has 0 fully saturated rings. The molecule has 1 aromatic heterocycles. The fraction of sp³-hybridized carbons (Fsp3) is 0.120. The highest BCUT2D eigenvalue weighted by atomic mass is 19.1. The van der Waals surface area contributed by atoms with Crippen LogP contribution in [0.15, 0.2) is 71.8 Å². The Hall–Kier alpha value is -4.53. The number of ether oxygens (including phenoxy) is 2. The van der Waals surface area contributed by atoms with Gasteiger partial charge in [0.1, 0.15) is 18.2 Å². The van der Waals surface area contributed by atoms with Crippen LogP contribution in [-0.2, 0) is 11.3 Å². The molecule has 0 saturated carbocycles. The van der Waals surface area contributed by atoms with Gasteiger partial charge in [-0.1, -0.05) is 12.1 Å². The minimum Gasteiger partial charge on any atom is -0.493 e. The summed E-state index contributed by atoms with van der Waals surface area (Å²) < 4.78 is 25.5. The fourth-order valence-electron chi connectivity index (χ4n) is 3.35. The van der Waals surface area contributed by atoms with Crippen LogP contribution in [0.1, 0.15) is 21.7 Å². The van der Waals surface area contributed by atoms with Crippen molar-refractivity contribution in [3.63, 3.8) is 0 Å². The van der Waals surface area contributed by atoms with Crippen LogP contribution < -0.4 is 14.9 Å². The molecule has 0 spiro atoms. The maximum absolute atomic E-state index is 13.1. The number of methoxy groups -OCH3 is 1. The summed E-state index contributed by atoms with van der Waals surface area (Å²) in [5.41, 5.74) is 5.01. The van der Waals surface area contributed by atoms with E-state index in [2.05, 4.69) is 15.5 Å². The van der Waals surface area contributed by atoms with Crippen LogP contribution in [0, 0.1) is 12.7 Å². The Morgan fingerprint density at radius 2 is 1.85 bits per heavy atom. The second-order valence-corrected chi connectivity index (χ2v) is 7.33. The molecule has 0 atom stereocenters. The average Bonchev–Trinajstić information content (AvgIpc) is 3.15. The van der Waals surface area contributed by atoms with E-state index in [0.717, 1.165) is 16.9 Å². The van der Waals surface area contributed by atoms with E-state index in [0.29, 0.717) is 11.3 Å². The molecule has 0 aliphatic carbocycles. The van der Waals surface area contributed by atoms with Crippen molar-refractivity contribution in [3.05, 3.63) is 89.5 Å². The van der Waals surface area contributed by atoms with Crippen LogP contribution in [-0.4, -0.2) is 34.8 Å². The summed E-state index contributed by atoms with van der Waals surface area (Å²) in [6.07, 6.45) is 1.45. The molecule has 0 saturated heterocycles. The SMILES string of the molecule is COc1cc(/C=N/NC(=O)Cn2c(C)nc3ccccc32)ccc1OC(=O)c1ccc(F)cc1. The van der Waals surface area contributed by atoms with Gasteiger partial charge in [0.2, 0.25) is 0 Å². The first-order valence-corrected chi connectivity index (χ1v) is 10.3. The molecule has 9 heteroatoms. The van der Waals surface area contributed by atoms with Gasteiger partial charge in [-0.05, 0) is 67.1 Å². The van der Waals surface area contributed by atoms with E-state index in [1.54, 1.807) is 18.2 Å². The van der Waals surface area contributed by atoms with Crippen LogP contribution >= 0.6 is 0 Å². The Morgan fingerprint density at radius 3 is 2.62 bits per heavy atom. The second-order valence-electron chi connectivity index (χ2n) is 7.33. The Balaban J connectivity index is 1.40. The lowest BCUT2D eigenvalue weighted by Gasteiger charge is -2.10. The topological polar surface area (TPSA) is 94.8 Å². The molecule has 1 amide bonds. The third-order valence-corrected chi connectivity index (χ3v) is 5.02. The number of imidazole rings is 1. The minimum absolute atomic E-state index is 0.0747. The number of carbonyl (C=O) groups is 2. The van der Waals surface area contributed by atoms with Gasteiger partial charge in [0.15, 0.2) is 11.5 Å². The molecule has 4 rings (SSSR count). The molecule has 172 valence electrons. The standard InChI is InChI=1S/C25H21FN4O4/c1-16-28-20-5-3-4-6-21(20)30(16)15-24(31)29-27-14-17-7-12-22(23(13-17)33-2)34-25(32)18-8-10-19(26)11-9-18/h3-14H,15H2,1-2H3,(H,29,31)/b27-14+. The first kappa shape index (κ1) is 22.7. The number of halogens is 1. The van der Waals surface area contributed by atoms with E-state index < -0.39 is 11.8 Å². The maximum atomic E-state index is 13.1. The summed E-state index contributed by atoms with van der Waals surface area (Å²) in [6, 6.07) is 17.4. The molecule has 0 unspecified atom stereocenters. The molecular formula is C25H21FN4O4. The largest absolute Gasteiger partial charge is 0.493 e. The predicted molar refractivity (Wildman–Crippen MR) is 125 cm³/mol. The summed E-state index contributed by atoms with van der Waals surface area (Å²) in [6.45, 7) is 1.92. The Morgan fingerprint density at radius 1 is 1.09 bits per heavy atom. The highest BCUT2D eigenvalue weighted by molar-refractivity contribution is 5.91. The van der Waals surface area contributed by atoms with Crippen molar-refractivity contribution in [2.24, 2.45) is 5.10 Å². The van der Waals surface area contributed by atoms with Gasteiger partial charge < -0.3 is 14.0 Å². The smallest absolute Gasteiger partial charge is 0.343 e. The van der Waals surface area contributed by atoms with Crippen molar-refractivity contribution in [3.8, 4) is 11.5 Å². The van der Waals surface area contributed by atoms with Crippen molar-refractivity contribution in [1.29, 1.82) is 0 Å². The molecule has 1 N–H and O–H groups in total. The molecule has 0 aliphatic rings. The highest BCUT2D eigenvalue weighted by Crippen LogP contribution is 2.28. The predicted octanol–water partition coefficient (Wildman–Crippen LogP) is 3.86. The highest BCUT2D eigenvalue weighted by Gasteiger charge is 2.13. The number of carbonyl (C=O) groups excluding carboxylic acids is 2. The number of hydrogen-bond donors (Lipinski definition) is 1. The summed E-state index contributed by atoms with van der Waals surface area (Å²) >= 11 is 0. The Bertz CT molecular complexity index is 1380. The quantitative estimate of drug-likeness (QED) is 0.196. The summed E-state index contributed by atoms with van der Waals surface area (Å²) in [7, 11) is 1.44. The molecule has 0 radical (unpaired) electrons. The number of aromatic nitrogens is 2.